The maximum absolute atomic E-state index is 13.3. The first-order chi connectivity index (χ1) is 16.4. The van der Waals surface area contributed by atoms with Gasteiger partial charge in [0.1, 0.15) is 0 Å². The second-order valence-electron chi connectivity index (χ2n) is 9.15. The van der Waals surface area contributed by atoms with Gasteiger partial charge in [0, 0.05) is 25.6 Å². The predicted octanol–water partition coefficient (Wildman–Crippen LogP) is 5.68. The van der Waals surface area contributed by atoms with E-state index in [1.807, 2.05) is 35.2 Å². The summed E-state index contributed by atoms with van der Waals surface area (Å²) >= 11 is 0. The molecule has 4 nitrogen and oxygen atoms in total. The number of piperidine rings is 1. The quantitative estimate of drug-likeness (QED) is 0.410. The van der Waals surface area contributed by atoms with Gasteiger partial charge in [0.05, 0.1) is 29.4 Å². The van der Waals surface area contributed by atoms with Crippen LogP contribution in [0.4, 0.5) is 26.3 Å². The standard InChI is InChI=1S/C25H26F6N2O2/c1-16(17-11-19(24(26,27)28)13-20(12-17)25(29,30)31)35-15-23(18-5-3-2-4-6-18)9-7-21(14-32-23)33-10-8-22(33)34/h2-6,11-13,16,21,32H,7-10,14-15H2,1H3/t16-,21+,23-/m1/s1. The number of alkyl halides is 6. The second-order valence-corrected chi connectivity index (χ2v) is 9.15. The first kappa shape index (κ1) is 25.5. The van der Waals surface area contributed by atoms with Gasteiger partial charge in [-0.2, -0.15) is 26.3 Å². The Bertz CT molecular complexity index is 1010. The van der Waals surface area contributed by atoms with Crippen LogP contribution in [0, 0.1) is 0 Å². The molecular weight excluding hydrogens is 474 g/mol. The summed E-state index contributed by atoms with van der Waals surface area (Å²) in [5.74, 6) is 0.110. The average molecular weight is 500 g/mol. The first-order valence-electron chi connectivity index (χ1n) is 11.4. The number of hydrogen-bond donors (Lipinski definition) is 1. The van der Waals surface area contributed by atoms with Crippen LogP contribution in [0.2, 0.25) is 0 Å². The number of hydrogen-bond acceptors (Lipinski definition) is 3. The smallest absolute Gasteiger partial charge is 0.372 e. The highest BCUT2D eigenvalue weighted by molar-refractivity contribution is 5.82. The SMILES string of the molecule is C[C@@H](OC[C@@]1(c2ccccc2)CC[C@H](N2CCC2=O)CN1)c1cc(C(F)(F)F)cc(C(F)(F)F)c1. The highest BCUT2D eigenvalue weighted by Gasteiger charge is 2.42. The minimum absolute atomic E-state index is 0.0381. The van der Waals surface area contributed by atoms with Crippen molar-refractivity contribution in [2.24, 2.45) is 0 Å². The van der Waals surface area contributed by atoms with Crippen LogP contribution >= 0.6 is 0 Å². The molecule has 10 heteroatoms. The first-order valence-corrected chi connectivity index (χ1v) is 11.4. The van der Waals surface area contributed by atoms with Crippen molar-refractivity contribution in [3.8, 4) is 0 Å². The Morgan fingerprint density at radius 1 is 1.06 bits per heavy atom. The minimum atomic E-state index is -4.92. The summed E-state index contributed by atoms with van der Waals surface area (Å²) in [4.78, 5) is 13.7. The van der Waals surface area contributed by atoms with E-state index < -0.39 is 35.1 Å². The van der Waals surface area contributed by atoms with Crippen molar-refractivity contribution in [2.75, 3.05) is 19.7 Å². The number of halogens is 6. The Balaban J connectivity index is 1.55. The molecule has 0 aromatic heterocycles. The summed E-state index contributed by atoms with van der Waals surface area (Å²) in [5.41, 5.74) is -2.72. The van der Waals surface area contributed by atoms with E-state index in [1.165, 1.54) is 6.92 Å². The van der Waals surface area contributed by atoms with Gasteiger partial charge in [-0.25, -0.2) is 0 Å². The normalized spacial score (nSPS) is 24.3. The third-order valence-corrected chi connectivity index (χ3v) is 6.89. The van der Waals surface area contributed by atoms with Crippen LogP contribution in [-0.4, -0.2) is 36.5 Å². The van der Waals surface area contributed by atoms with Gasteiger partial charge in [-0.15, -0.1) is 0 Å². The zero-order valence-electron chi connectivity index (χ0n) is 19.0. The number of rotatable bonds is 6. The third-order valence-electron chi connectivity index (χ3n) is 6.89. The van der Waals surface area contributed by atoms with E-state index in [1.54, 1.807) is 0 Å². The monoisotopic (exact) mass is 500 g/mol. The second kappa shape index (κ2) is 9.46. The minimum Gasteiger partial charge on any atom is -0.372 e. The van der Waals surface area contributed by atoms with E-state index in [2.05, 4.69) is 5.32 Å². The largest absolute Gasteiger partial charge is 0.416 e. The molecule has 3 atom stereocenters. The number of nitrogens with one attached hydrogen (secondary N) is 1. The molecule has 0 unspecified atom stereocenters. The fraction of sp³-hybridized carbons (Fsp3) is 0.480. The summed E-state index contributed by atoms with van der Waals surface area (Å²) in [6.07, 6.45) is -9.03. The molecule has 4 rings (SSSR count). The Morgan fingerprint density at radius 3 is 2.14 bits per heavy atom. The van der Waals surface area contributed by atoms with E-state index in [0.717, 1.165) is 5.56 Å². The van der Waals surface area contributed by atoms with Gasteiger partial charge in [0.15, 0.2) is 0 Å². The van der Waals surface area contributed by atoms with Gasteiger partial charge in [0.25, 0.3) is 0 Å². The lowest BCUT2D eigenvalue weighted by atomic mass is 9.80. The van der Waals surface area contributed by atoms with Gasteiger partial charge in [-0.05, 0) is 49.1 Å². The summed E-state index contributed by atoms with van der Waals surface area (Å²) in [5, 5.41) is 3.47. The van der Waals surface area contributed by atoms with E-state index >= 15 is 0 Å². The summed E-state index contributed by atoms with van der Waals surface area (Å²) in [6, 6.07) is 10.9. The molecule has 2 aromatic carbocycles. The maximum atomic E-state index is 13.3. The molecule has 0 spiro atoms. The van der Waals surface area contributed by atoms with Gasteiger partial charge < -0.3 is 15.0 Å². The molecule has 35 heavy (non-hydrogen) atoms. The lowest BCUT2D eigenvalue weighted by Gasteiger charge is -2.47. The van der Waals surface area contributed by atoms with Crippen molar-refractivity contribution in [1.29, 1.82) is 0 Å². The molecule has 1 N–H and O–H groups in total. The highest BCUT2D eigenvalue weighted by Crippen LogP contribution is 2.39. The number of ether oxygens (including phenoxy) is 1. The van der Waals surface area contributed by atoms with E-state index in [0.29, 0.717) is 44.5 Å². The number of benzene rings is 2. The van der Waals surface area contributed by atoms with Crippen LogP contribution in [0.1, 0.15) is 54.5 Å². The van der Waals surface area contributed by atoms with Gasteiger partial charge in [0.2, 0.25) is 5.91 Å². The Morgan fingerprint density at radius 2 is 1.69 bits per heavy atom. The van der Waals surface area contributed by atoms with Crippen LogP contribution in [-0.2, 0) is 27.4 Å². The average Bonchev–Trinajstić information content (AvgIpc) is 2.81. The molecule has 2 aliphatic heterocycles. The molecule has 0 radical (unpaired) electrons. The lowest BCUT2D eigenvalue weighted by molar-refractivity contribution is -0.144. The van der Waals surface area contributed by atoms with Crippen molar-refractivity contribution in [3.05, 3.63) is 70.8 Å². The summed E-state index contributed by atoms with van der Waals surface area (Å²) in [6.45, 7) is 2.71. The van der Waals surface area contributed by atoms with Crippen LogP contribution in [0.5, 0.6) is 0 Å². The van der Waals surface area contributed by atoms with E-state index in [4.69, 9.17) is 4.74 Å². The van der Waals surface area contributed by atoms with Crippen LogP contribution in [0.3, 0.4) is 0 Å². The third kappa shape index (κ3) is 5.48. The maximum Gasteiger partial charge on any atom is 0.416 e. The predicted molar refractivity (Wildman–Crippen MR) is 116 cm³/mol. The molecule has 0 aliphatic carbocycles. The Labute approximate surface area is 199 Å². The van der Waals surface area contributed by atoms with Gasteiger partial charge in [-0.3, -0.25) is 4.79 Å². The molecule has 2 heterocycles. The molecule has 2 aliphatic rings. The van der Waals surface area contributed by atoms with Crippen LogP contribution < -0.4 is 5.32 Å². The topological polar surface area (TPSA) is 41.6 Å². The Kier molecular flexibility index (Phi) is 6.89. The van der Waals surface area contributed by atoms with Gasteiger partial charge >= 0.3 is 12.4 Å². The van der Waals surface area contributed by atoms with Crippen LogP contribution in [0.15, 0.2) is 48.5 Å². The zero-order chi connectivity index (χ0) is 25.4. The van der Waals surface area contributed by atoms with E-state index in [9.17, 15) is 31.1 Å². The summed E-state index contributed by atoms with van der Waals surface area (Å²) in [7, 11) is 0. The van der Waals surface area contributed by atoms with Crippen molar-refractivity contribution < 1.29 is 35.9 Å². The van der Waals surface area contributed by atoms with Crippen molar-refractivity contribution >= 4 is 5.91 Å². The summed E-state index contributed by atoms with van der Waals surface area (Å²) < 4.78 is 85.6. The van der Waals surface area contributed by atoms with E-state index in [-0.39, 0.29) is 30.2 Å². The zero-order valence-corrected chi connectivity index (χ0v) is 19.0. The number of carbonyl (C=O) groups is 1. The number of nitrogens with zero attached hydrogens (tertiary/aromatic N) is 1. The lowest BCUT2D eigenvalue weighted by Crippen LogP contribution is -2.61. The molecule has 1 amide bonds. The molecule has 190 valence electrons. The van der Waals surface area contributed by atoms with Crippen molar-refractivity contribution in [1.82, 2.24) is 10.2 Å². The molecule has 2 saturated heterocycles. The number of amides is 1. The molecule has 0 bridgehead atoms. The molecule has 2 aromatic rings. The van der Waals surface area contributed by atoms with Gasteiger partial charge in [-0.1, -0.05) is 30.3 Å². The van der Waals surface area contributed by atoms with Crippen molar-refractivity contribution in [3.63, 3.8) is 0 Å². The molecular formula is C25H26F6N2O2. The highest BCUT2D eigenvalue weighted by atomic mass is 19.4. The van der Waals surface area contributed by atoms with Crippen LogP contribution in [0.25, 0.3) is 0 Å². The fourth-order valence-electron chi connectivity index (χ4n) is 4.69. The fourth-order valence-corrected chi connectivity index (χ4v) is 4.69. The number of likely N-dealkylation sites (tertiary alicyclic amines) is 1. The molecule has 0 saturated carbocycles. The number of carbonyl (C=O) groups excluding carboxylic acids is 1. The Hall–Kier alpha value is -2.59. The van der Waals surface area contributed by atoms with Crippen molar-refractivity contribution in [2.45, 2.75) is 56.2 Å². The number of β-lactam (4-membered cyclic amide) rings is 1. The molecule has 2 fully saturated rings.